The Bertz CT molecular complexity index is 3690. The van der Waals surface area contributed by atoms with Gasteiger partial charge >= 0.3 is 0 Å². The van der Waals surface area contributed by atoms with Gasteiger partial charge in [-0.25, -0.2) is 9.97 Å². The van der Waals surface area contributed by atoms with Gasteiger partial charge in [-0.05, 0) is 71.8 Å². The summed E-state index contributed by atoms with van der Waals surface area (Å²) in [5.41, 5.74) is 13.8. The van der Waals surface area contributed by atoms with E-state index < -0.39 is 0 Å². The zero-order valence-corrected chi connectivity index (χ0v) is 34.8. The Hall–Kier alpha value is -8.12. The molecule has 4 heterocycles. The van der Waals surface area contributed by atoms with Crippen molar-refractivity contribution in [1.29, 1.82) is 0 Å². The normalized spacial score (nSPS) is 11.8. The van der Waals surface area contributed by atoms with Gasteiger partial charge in [0.15, 0.2) is 5.82 Å². The molecule has 0 amide bonds. The molecule has 294 valence electrons. The second-order valence-corrected chi connectivity index (χ2v) is 17.2. The molecule has 0 saturated heterocycles. The number of rotatable bonds is 6. The van der Waals surface area contributed by atoms with Gasteiger partial charge in [-0.1, -0.05) is 158 Å². The highest BCUT2D eigenvalue weighted by molar-refractivity contribution is 7.26. The van der Waals surface area contributed by atoms with Crippen LogP contribution in [0, 0.1) is 0 Å². The molecule has 0 bridgehead atoms. The van der Waals surface area contributed by atoms with Crippen molar-refractivity contribution in [1.82, 2.24) is 19.1 Å². The van der Waals surface area contributed by atoms with E-state index in [9.17, 15) is 0 Å². The van der Waals surface area contributed by atoms with Crippen LogP contribution in [-0.2, 0) is 0 Å². The van der Waals surface area contributed by atoms with E-state index in [1.54, 1.807) is 0 Å². The quantitative estimate of drug-likeness (QED) is 0.167. The van der Waals surface area contributed by atoms with E-state index in [0.717, 1.165) is 67.1 Å². The second kappa shape index (κ2) is 14.2. The molecule has 0 spiro atoms. The number of para-hydroxylation sites is 4. The van der Waals surface area contributed by atoms with Crippen molar-refractivity contribution in [3.8, 4) is 56.4 Å². The molecule has 0 saturated carbocycles. The van der Waals surface area contributed by atoms with Crippen LogP contribution >= 0.6 is 11.3 Å². The highest BCUT2D eigenvalue weighted by atomic mass is 32.1. The van der Waals surface area contributed by atoms with Crippen molar-refractivity contribution in [2.24, 2.45) is 0 Å². The number of nitrogens with zero attached hydrogens (tertiary/aromatic N) is 4. The van der Waals surface area contributed by atoms with Crippen LogP contribution in [-0.4, -0.2) is 19.1 Å². The Balaban J connectivity index is 1.07. The van der Waals surface area contributed by atoms with Crippen LogP contribution in [0.2, 0.25) is 0 Å². The van der Waals surface area contributed by atoms with E-state index in [1.807, 2.05) is 17.4 Å². The van der Waals surface area contributed by atoms with E-state index in [1.165, 1.54) is 47.3 Å². The Kier molecular flexibility index (Phi) is 8.05. The molecule has 5 heteroatoms. The van der Waals surface area contributed by atoms with Gasteiger partial charge in [-0.3, -0.25) is 0 Å². The van der Waals surface area contributed by atoms with Crippen LogP contribution in [0.15, 0.2) is 218 Å². The maximum absolute atomic E-state index is 5.41. The molecule has 63 heavy (non-hydrogen) atoms. The molecule has 0 unspecified atom stereocenters. The fourth-order valence-electron chi connectivity index (χ4n) is 9.68. The summed E-state index contributed by atoms with van der Waals surface area (Å²) in [6.07, 6.45) is 0. The Morgan fingerprint density at radius 3 is 1.38 bits per heavy atom. The first-order chi connectivity index (χ1) is 31.2. The zero-order chi connectivity index (χ0) is 41.4. The first kappa shape index (κ1) is 35.6. The monoisotopic (exact) mass is 820 g/mol. The number of benzene rings is 9. The van der Waals surface area contributed by atoms with Crippen LogP contribution < -0.4 is 0 Å². The van der Waals surface area contributed by atoms with Gasteiger partial charge < -0.3 is 9.13 Å². The molecular formula is C58H36N4S. The maximum atomic E-state index is 5.41. The Labute approximate surface area is 367 Å². The topological polar surface area (TPSA) is 35.6 Å². The summed E-state index contributed by atoms with van der Waals surface area (Å²) in [6.45, 7) is 0. The van der Waals surface area contributed by atoms with Crippen molar-refractivity contribution in [3.05, 3.63) is 218 Å². The number of fused-ring (bicyclic) bond motifs is 9. The first-order valence-corrected chi connectivity index (χ1v) is 22.1. The summed E-state index contributed by atoms with van der Waals surface area (Å²) in [7, 11) is 0. The summed E-state index contributed by atoms with van der Waals surface area (Å²) in [6, 6.07) is 78.5. The smallest absolute Gasteiger partial charge is 0.160 e. The highest BCUT2D eigenvalue weighted by Gasteiger charge is 2.19. The minimum atomic E-state index is 0.681. The molecule has 13 rings (SSSR count). The summed E-state index contributed by atoms with van der Waals surface area (Å²) in [5.74, 6) is 0.681. The van der Waals surface area contributed by atoms with E-state index >= 15 is 0 Å². The number of aromatic nitrogens is 4. The first-order valence-electron chi connectivity index (χ1n) is 21.3. The van der Waals surface area contributed by atoms with E-state index in [0.29, 0.717) is 5.82 Å². The molecule has 4 nitrogen and oxygen atoms in total. The average molecular weight is 821 g/mol. The fraction of sp³-hybridized carbons (Fsp3) is 0. The van der Waals surface area contributed by atoms with Crippen LogP contribution in [0.3, 0.4) is 0 Å². The molecule has 0 atom stereocenters. The third kappa shape index (κ3) is 5.74. The summed E-state index contributed by atoms with van der Waals surface area (Å²) >= 11 is 1.86. The SMILES string of the molecule is c1ccc(-c2nc(-c3cccc(-c4cccc5c4sc4ccccc45)c3)cc(-c3cc(-n4c5ccccc5c5ccccc54)cc(-n4c5ccccc5c5ccccc54)c3)n2)cc1. The van der Waals surface area contributed by atoms with Gasteiger partial charge in [-0.15, -0.1) is 11.3 Å². The van der Waals surface area contributed by atoms with E-state index in [2.05, 4.69) is 221 Å². The zero-order valence-electron chi connectivity index (χ0n) is 34.0. The van der Waals surface area contributed by atoms with Gasteiger partial charge in [0, 0.05) is 69.8 Å². The molecule has 4 aromatic heterocycles. The lowest BCUT2D eigenvalue weighted by Gasteiger charge is -2.16. The van der Waals surface area contributed by atoms with Crippen molar-refractivity contribution in [2.45, 2.75) is 0 Å². The van der Waals surface area contributed by atoms with Gasteiger partial charge in [0.25, 0.3) is 0 Å². The van der Waals surface area contributed by atoms with Crippen LogP contribution in [0.1, 0.15) is 0 Å². The third-order valence-electron chi connectivity index (χ3n) is 12.5. The predicted molar refractivity (Wildman–Crippen MR) is 265 cm³/mol. The number of hydrogen-bond donors (Lipinski definition) is 0. The summed E-state index contributed by atoms with van der Waals surface area (Å²) in [5, 5.41) is 7.47. The van der Waals surface area contributed by atoms with Gasteiger partial charge in [0.05, 0.1) is 33.5 Å². The number of hydrogen-bond acceptors (Lipinski definition) is 3. The Morgan fingerprint density at radius 1 is 0.317 bits per heavy atom. The largest absolute Gasteiger partial charge is 0.309 e. The minimum absolute atomic E-state index is 0.681. The third-order valence-corrected chi connectivity index (χ3v) is 13.7. The lowest BCUT2D eigenvalue weighted by Crippen LogP contribution is -2.01. The Morgan fingerprint density at radius 2 is 0.778 bits per heavy atom. The summed E-state index contributed by atoms with van der Waals surface area (Å²) in [4.78, 5) is 10.7. The molecule has 0 radical (unpaired) electrons. The molecule has 0 fully saturated rings. The average Bonchev–Trinajstić information content (AvgIpc) is 4.02. The van der Waals surface area contributed by atoms with Gasteiger partial charge in [0.1, 0.15) is 0 Å². The molecule has 13 aromatic rings. The van der Waals surface area contributed by atoms with Crippen LogP contribution in [0.25, 0.3) is 120 Å². The van der Waals surface area contributed by atoms with Crippen molar-refractivity contribution in [2.75, 3.05) is 0 Å². The maximum Gasteiger partial charge on any atom is 0.160 e. The molecule has 0 aliphatic heterocycles. The van der Waals surface area contributed by atoms with Gasteiger partial charge in [-0.2, -0.15) is 0 Å². The minimum Gasteiger partial charge on any atom is -0.309 e. The van der Waals surface area contributed by atoms with Crippen molar-refractivity contribution >= 4 is 75.1 Å². The van der Waals surface area contributed by atoms with Gasteiger partial charge in [0.2, 0.25) is 0 Å². The summed E-state index contributed by atoms with van der Waals surface area (Å²) < 4.78 is 7.41. The lowest BCUT2D eigenvalue weighted by molar-refractivity contribution is 1.13. The second-order valence-electron chi connectivity index (χ2n) is 16.2. The molecule has 0 aliphatic carbocycles. The van der Waals surface area contributed by atoms with E-state index in [4.69, 9.17) is 9.97 Å². The molecule has 0 aliphatic rings. The standard InChI is InChI=1S/C58H36N4S/c1-2-16-37(17-3-1)58-59-50(39-19-14-18-38(32-39)43-25-15-26-49-48-24-8-13-31-56(48)63-57(43)49)36-51(60-58)40-33-41(61-52-27-9-4-20-44(52)45-21-5-10-28-53(45)61)35-42(34-40)62-54-29-11-6-22-46(54)47-23-7-12-30-55(47)62/h1-36H. The molecular weight excluding hydrogens is 785 g/mol. The van der Waals surface area contributed by atoms with Crippen molar-refractivity contribution in [3.63, 3.8) is 0 Å². The molecule has 0 N–H and O–H groups in total. The van der Waals surface area contributed by atoms with Crippen molar-refractivity contribution < 1.29 is 0 Å². The molecule has 9 aromatic carbocycles. The van der Waals surface area contributed by atoms with Crippen LogP contribution in [0.4, 0.5) is 0 Å². The van der Waals surface area contributed by atoms with E-state index in [-0.39, 0.29) is 0 Å². The highest BCUT2D eigenvalue weighted by Crippen LogP contribution is 2.42. The van der Waals surface area contributed by atoms with Crippen LogP contribution in [0.5, 0.6) is 0 Å². The number of thiophene rings is 1. The fourth-order valence-corrected chi connectivity index (χ4v) is 10.9. The predicted octanol–water partition coefficient (Wildman–Crippen LogP) is 15.7. The lowest BCUT2D eigenvalue weighted by atomic mass is 9.99.